The Morgan fingerprint density at radius 3 is 2.75 bits per heavy atom. The molecule has 0 saturated heterocycles. The Morgan fingerprint density at radius 2 is 2.04 bits per heavy atom. The molecule has 2 aromatic carbocycles. The van der Waals surface area contributed by atoms with Crippen LogP contribution in [0.1, 0.15) is 28.8 Å². The number of carboxylic acids is 1. The van der Waals surface area contributed by atoms with Crippen molar-refractivity contribution >= 4 is 39.5 Å². The van der Waals surface area contributed by atoms with E-state index in [1.165, 1.54) is 0 Å². The largest absolute Gasteiger partial charge is 0.478 e. The quantitative estimate of drug-likeness (QED) is 0.422. The van der Waals surface area contributed by atoms with Crippen LogP contribution >= 0.6 is 11.6 Å². The maximum Gasteiger partial charge on any atom is 0.336 e. The highest BCUT2D eigenvalue weighted by molar-refractivity contribution is 6.36. The Bertz CT molecular complexity index is 1190. The molecule has 0 atom stereocenters. The summed E-state index contributed by atoms with van der Waals surface area (Å²) in [5, 5.41) is 10.9. The topological polar surface area (TPSA) is 96.9 Å². The number of rotatable bonds is 6. The zero-order valence-electron chi connectivity index (χ0n) is 15.5. The van der Waals surface area contributed by atoms with Crippen LogP contribution in [0.5, 0.6) is 0 Å². The number of benzene rings is 2. The Hall–Kier alpha value is -2.83. The second-order valence-electron chi connectivity index (χ2n) is 6.86. The number of carboxylic acid groups (broad SMARTS) is 1. The van der Waals surface area contributed by atoms with Gasteiger partial charge in [0.15, 0.2) is 5.82 Å². The van der Waals surface area contributed by atoms with E-state index in [0.29, 0.717) is 28.9 Å². The fourth-order valence-corrected chi connectivity index (χ4v) is 3.98. The number of para-hydroxylation sites is 2. The molecule has 28 heavy (non-hydrogen) atoms. The summed E-state index contributed by atoms with van der Waals surface area (Å²) < 4.78 is 2.01. The van der Waals surface area contributed by atoms with Gasteiger partial charge in [-0.1, -0.05) is 23.7 Å². The van der Waals surface area contributed by atoms with Crippen molar-refractivity contribution in [3.8, 4) is 11.5 Å². The smallest absolute Gasteiger partial charge is 0.336 e. The van der Waals surface area contributed by atoms with Crippen molar-refractivity contribution in [1.29, 1.82) is 0 Å². The number of fused-ring (bicyclic) bond motifs is 2. The van der Waals surface area contributed by atoms with Gasteiger partial charge >= 0.3 is 5.97 Å². The van der Waals surface area contributed by atoms with Gasteiger partial charge in [0.2, 0.25) is 0 Å². The maximum atomic E-state index is 11.9. The number of hydrogen-bond donors (Lipinski definition) is 3. The van der Waals surface area contributed by atoms with Gasteiger partial charge in [0, 0.05) is 12.4 Å². The number of aryl methyl sites for hydroxylation is 2. The van der Waals surface area contributed by atoms with Crippen molar-refractivity contribution in [2.24, 2.45) is 12.8 Å². The van der Waals surface area contributed by atoms with E-state index in [9.17, 15) is 9.90 Å². The number of halogens is 1. The molecule has 7 heteroatoms. The van der Waals surface area contributed by atoms with Crippen LogP contribution in [0.15, 0.2) is 36.4 Å². The summed E-state index contributed by atoms with van der Waals surface area (Å²) in [7, 11) is 1.96. The zero-order chi connectivity index (χ0) is 19.8. The van der Waals surface area contributed by atoms with Crippen LogP contribution in [0.2, 0.25) is 5.02 Å². The van der Waals surface area contributed by atoms with Crippen LogP contribution in [0, 0.1) is 0 Å². The second-order valence-corrected chi connectivity index (χ2v) is 7.26. The molecule has 2 aromatic heterocycles. The predicted octanol–water partition coefficient (Wildman–Crippen LogP) is 4.35. The third kappa shape index (κ3) is 2.95. The lowest BCUT2D eigenvalue weighted by Gasteiger charge is -2.07. The third-order valence-corrected chi connectivity index (χ3v) is 5.45. The van der Waals surface area contributed by atoms with Gasteiger partial charge in [-0.3, -0.25) is 0 Å². The second kappa shape index (κ2) is 7.30. The average Bonchev–Trinajstić information content (AvgIpc) is 3.21. The number of imidazole rings is 1. The molecule has 0 spiro atoms. The minimum atomic E-state index is -0.975. The Morgan fingerprint density at radius 1 is 1.25 bits per heavy atom. The Balaban J connectivity index is 2.02. The average molecular weight is 397 g/mol. The number of unbranched alkanes of at least 4 members (excludes halogenated alkanes) is 1. The van der Waals surface area contributed by atoms with Crippen LogP contribution in [0.3, 0.4) is 0 Å². The molecule has 0 aliphatic carbocycles. The van der Waals surface area contributed by atoms with Gasteiger partial charge in [-0.25, -0.2) is 9.78 Å². The highest BCUT2D eigenvalue weighted by atomic mass is 35.5. The van der Waals surface area contributed by atoms with Crippen molar-refractivity contribution in [2.75, 3.05) is 6.54 Å². The van der Waals surface area contributed by atoms with Gasteiger partial charge in [-0.05, 0) is 55.6 Å². The minimum Gasteiger partial charge on any atom is -0.478 e. The summed E-state index contributed by atoms with van der Waals surface area (Å²) in [6, 6.07) is 11.1. The molecular formula is C21H21ClN4O2. The fourth-order valence-electron chi connectivity index (χ4n) is 3.77. The standard InChI is InChI=1S/C21H21ClN4O2/c1-26-16-8-3-2-7-15(16)24-20(26)18-12(6-4-5-11-23)17-13(21(27)28)9-10-14(22)19(17)25-18/h2-3,7-10,25H,4-6,11,23H2,1H3,(H,27,28). The van der Waals surface area contributed by atoms with Gasteiger partial charge in [-0.15, -0.1) is 0 Å². The van der Waals surface area contributed by atoms with E-state index in [-0.39, 0.29) is 5.56 Å². The monoisotopic (exact) mass is 396 g/mol. The molecule has 0 aliphatic heterocycles. The van der Waals surface area contributed by atoms with E-state index >= 15 is 0 Å². The number of nitrogens with zero attached hydrogens (tertiary/aromatic N) is 2. The van der Waals surface area contributed by atoms with Gasteiger partial charge in [0.25, 0.3) is 0 Å². The van der Waals surface area contributed by atoms with Crippen molar-refractivity contribution in [3.63, 3.8) is 0 Å². The predicted molar refractivity (Wildman–Crippen MR) is 112 cm³/mol. The molecule has 4 N–H and O–H groups in total. The molecule has 0 unspecified atom stereocenters. The maximum absolute atomic E-state index is 11.9. The first-order valence-corrected chi connectivity index (χ1v) is 9.59. The number of carbonyl (C=O) groups is 1. The first kappa shape index (κ1) is 18.5. The summed E-state index contributed by atoms with van der Waals surface area (Å²) in [6.07, 6.45) is 2.40. The van der Waals surface area contributed by atoms with Crippen LogP contribution in [-0.4, -0.2) is 32.2 Å². The van der Waals surface area contributed by atoms with E-state index in [1.54, 1.807) is 12.1 Å². The molecule has 4 aromatic rings. The van der Waals surface area contributed by atoms with Gasteiger partial charge < -0.3 is 20.4 Å². The first-order valence-electron chi connectivity index (χ1n) is 9.21. The number of H-pyrrole nitrogens is 1. The SMILES string of the molecule is Cn1c(-c2[nH]c3c(Cl)ccc(C(=O)O)c3c2CCCCN)nc2ccccc21. The third-order valence-electron chi connectivity index (χ3n) is 5.13. The van der Waals surface area contributed by atoms with Crippen molar-refractivity contribution < 1.29 is 9.90 Å². The molecule has 4 rings (SSSR count). The van der Waals surface area contributed by atoms with Crippen LogP contribution in [0.25, 0.3) is 33.5 Å². The molecule has 0 fully saturated rings. The number of aromatic carboxylic acids is 1. The number of nitrogens with two attached hydrogens (primary N) is 1. The van der Waals surface area contributed by atoms with E-state index in [1.807, 2.05) is 35.9 Å². The van der Waals surface area contributed by atoms with Gasteiger partial charge in [0.05, 0.1) is 32.8 Å². The molecular weight excluding hydrogens is 376 g/mol. The molecule has 2 heterocycles. The van der Waals surface area contributed by atoms with Crippen molar-refractivity contribution in [1.82, 2.24) is 14.5 Å². The summed E-state index contributed by atoms with van der Waals surface area (Å²) in [6.45, 7) is 0.594. The molecule has 0 saturated carbocycles. The number of hydrogen-bond acceptors (Lipinski definition) is 3. The van der Waals surface area contributed by atoms with Gasteiger partial charge in [0.1, 0.15) is 0 Å². The normalized spacial score (nSPS) is 11.5. The number of aromatic amines is 1. The zero-order valence-corrected chi connectivity index (χ0v) is 16.3. The lowest BCUT2D eigenvalue weighted by atomic mass is 9.99. The highest BCUT2D eigenvalue weighted by Gasteiger charge is 2.23. The van der Waals surface area contributed by atoms with E-state index in [0.717, 1.165) is 41.0 Å². The van der Waals surface area contributed by atoms with Crippen molar-refractivity contribution in [2.45, 2.75) is 19.3 Å². The lowest BCUT2D eigenvalue weighted by molar-refractivity contribution is 0.0699. The van der Waals surface area contributed by atoms with Crippen molar-refractivity contribution in [3.05, 3.63) is 52.5 Å². The Kier molecular flexibility index (Phi) is 4.83. The van der Waals surface area contributed by atoms with Gasteiger partial charge in [-0.2, -0.15) is 0 Å². The summed E-state index contributed by atoms with van der Waals surface area (Å²) in [5.74, 6) is -0.218. The molecule has 6 nitrogen and oxygen atoms in total. The van der Waals surface area contributed by atoms with Crippen LogP contribution in [-0.2, 0) is 13.5 Å². The molecule has 0 aliphatic rings. The summed E-state index contributed by atoms with van der Waals surface area (Å²) in [4.78, 5) is 20.0. The lowest BCUT2D eigenvalue weighted by Crippen LogP contribution is -2.02. The molecule has 144 valence electrons. The van der Waals surface area contributed by atoms with Crippen LogP contribution < -0.4 is 5.73 Å². The van der Waals surface area contributed by atoms with E-state index in [2.05, 4.69) is 4.98 Å². The van der Waals surface area contributed by atoms with Crippen LogP contribution in [0.4, 0.5) is 0 Å². The summed E-state index contributed by atoms with van der Waals surface area (Å²) in [5.41, 5.74) is 10.2. The molecule has 0 amide bonds. The highest BCUT2D eigenvalue weighted by Crippen LogP contribution is 2.37. The summed E-state index contributed by atoms with van der Waals surface area (Å²) >= 11 is 6.41. The Labute approximate surface area is 166 Å². The molecule has 0 bridgehead atoms. The molecule has 0 radical (unpaired) electrons. The van der Waals surface area contributed by atoms with E-state index in [4.69, 9.17) is 22.3 Å². The van der Waals surface area contributed by atoms with E-state index < -0.39 is 5.97 Å². The fraction of sp³-hybridized carbons (Fsp3) is 0.238. The number of nitrogens with one attached hydrogen (secondary N) is 1. The first-order chi connectivity index (χ1) is 13.5. The number of aromatic nitrogens is 3. The minimum absolute atomic E-state index is 0.239.